The van der Waals surface area contributed by atoms with Crippen LogP contribution >= 0.6 is 11.3 Å². The van der Waals surface area contributed by atoms with Crippen molar-refractivity contribution in [3.63, 3.8) is 0 Å². The molecule has 0 saturated carbocycles. The minimum Gasteiger partial charge on any atom is -0.489 e. The molecule has 4 heteroatoms. The fourth-order valence-electron chi connectivity index (χ4n) is 2.62. The van der Waals surface area contributed by atoms with Gasteiger partial charge in [-0.3, -0.25) is 9.78 Å². The van der Waals surface area contributed by atoms with E-state index in [1.165, 1.54) is 23.3 Å². The van der Waals surface area contributed by atoms with Crippen molar-refractivity contribution in [2.75, 3.05) is 0 Å². The number of aryl methyl sites for hydroxylation is 2. The van der Waals surface area contributed by atoms with Crippen LogP contribution in [0.5, 0.6) is 5.75 Å². The van der Waals surface area contributed by atoms with E-state index in [4.69, 9.17) is 4.74 Å². The first-order valence-corrected chi connectivity index (χ1v) is 8.23. The monoisotopic (exact) mass is 301 g/mol. The molecule has 3 rings (SSSR count). The van der Waals surface area contributed by atoms with Gasteiger partial charge in [0.1, 0.15) is 5.75 Å². The van der Waals surface area contributed by atoms with E-state index in [0.717, 1.165) is 17.7 Å². The minimum atomic E-state index is 0.0520. The summed E-state index contributed by atoms with van der Waals surface area (Å²) in [7, 11) is 0. The fourth-order valence-corrected chi connectivity index (χ4v) is 3.84. The maximum absolute atomic E-state index is 12.6. The van der Waals surface area contributed by atoms with E-state index in [1.807, 2.05) is 13.8 Å². The van der Waals surface area contributed by atoms with Gasteiger partial charge in [-0.05, 0) is 57.2 Å². The number of nitrogens with zero attached hydrogens (tertiary/aromatic N) is 1. The molecule has 0 unspecified atom stereocenters. The lowest BCUT2D eigenvalue weighted by molar-refractivity contribution is 0.104. The fraction of sp³-hybridized carbons (Fsp3) is 0.412. The third-order valence-corrected chi connectivity index (χ3v) is 4.80. The second-order valence-corrected chi connectivity index (χ2v) is 6.81. The van der Waals surface area contributed by atoms with Crippen LogP contribution in [0.15, 0.2) is 24.5 Å². The second-order valence-electron chi connectivity index (χ2n) is 5.67. The van der Waals surface area contributed by atoms with Crippen LogP contribution in [0.2, 0.25) is 0 Å². The Labute approximate surface area is 129 Å². The summed E-state index contributed by atoms with van der Waals surface area (Å²) in [4.78, 5) is 18.9. The predicted octanol–water partition coefficient (Wildman–Crippen LogP) is 4.04. The zero-order valence-electron chi connectivity index (χ0n) is 12.4. The summed E-state index contributed by atoms with van der Waals surface area (Å²) in [6.45, 7) is 3.92. The summed E-state index contributed by atoms with van der Waals surface area (Å²) >= 11 is 1.64. The lowest BCUT2D eigenvalue weighted by Gasteiger charge is -2.09. The third-order valence-electron chi connectivity index (χ3n) is 3.57. The summed E-state index contributed by atoms with van der Waals surface area (Å²) in [5, 5.41) is 0. The number of aromatic nitrogens is 1. The van der Waals surface area contributed by atoms with Crippen LogP contribution in [0.4, 0.5) is 0 Å². The van der Waals surface area contributed by atoms with E-state index >= 15 is 0 Å². The average molecular weight is 301 g/mol. The Morgan fingerprint density at radius 3 is 2.81 bits per heavy atom. The number of carbonyl (C=O) groups excluding carboxylic acids is 1. The Morgan fingerprint density at radius 1 is 1.24 bits per heavy atom. The van der Waals surface area contributed by atoms with E-state index in [1.54, 1.807) is 29.8 Å². The van der Waals surface area contributed by atoms with Gasteiger partial charge in [-0.15, -0.1) is 11.3 Å². The van der Waals surface area contributed by atoms with Crippen molar-refractivity contribution in [3.05, 3.63) is 45.4 Å². The summed E-state index contributed by atoms with van der Waals surface area (Å²) in [5.41, 5.74) is 1.96. The van der Waals surface area contributed by atoms with Crippen LogP contribution in [0.25, 0.3) is 0 Å². The summed E-state index contributed by atoms with van der Waals surface area (Å²) in [6.07, 6.45) is 8.03. The molecule has 110 valence electrons. The minimum absolute atomic E-state index is 0.0520. The van der Waals surface area contributed by atoms with E-state index in [0.29, 0.717) is 11.3 Å². The van der Waals surface area contributed by atoms with Gasteiger partial charge in [0, 0.05) is 16.6 Å². The number of rotatable bonds is 4. The Kier molecular flexibility index (Phi) is 4.06. The molecule has 0 aliphatic heterocycles. The standard InChI is InChI=1S/C17H19NO2S/c1-11(2)20-14-7-13(9-18-10-14)17(19)16-8-12-5-3-4-6-15(12)21-16/h7-11H,3-6H2,1-2H3. The smallest absolute Gasteiger partial charge is 0.204 e. The van der Waals surface area contributed by atoms with Gasteiger partial charge in [-0.1, -0.05) is 0 Å². The van der Waals surface area contributed by atoms with Gasteiger partial charge < -0.3 is 4.74 Å². The maximum atomic E-state index is 12.6. The van der Waals surface area contributed by atoms with Gasteiger partial charge in [0.25, 0.3) is 0 Å². The molecule has 0 saturated heterocycles. The molecule has 2 aromatic heterocycles. The normalized spacial score (nSPS) is 14.0. The molecule has 21 heavy (non-hydrogen) atoms. The van der Waals surface area contributed by atoms with Crippen molar-refractivity contribution in [1.29, 1.82) is 0 Å². The SMILES string of the molecule is CC(C)Oc1cncc(C(=O)c2cc3c(s2)CCCC3)c1. The lowest BCUT2D eigenvalue weighted by Crippen LogP contribution is -2.07. The van der Waals surface area contributed by atoms with Crippen LogP contribution in [0.3, 0.4) is 0 Å². The second kappa shape index (κ2) is 5.98. The number of hydrogen-bond donors (Lipinski definition) is 0. The molecule has 0 spiro atoms. The van der Waals surface area contributed by atoms with Crippen LogP contribution in [-0.4, -0.2) is 16.9 Å². The van der Waals surface area contributed by atoms with Crippen molar-refractivity contribution in [2.45, 2.75) is 45.6 Å². The zero-order valence-corrected chi connectivity index (χ0v) is 13.2. The number of carbonyl (C=O) groups is 1. The molecular weight excluding hydrogens is 282 g/mol. The molecule has 0 bridgehead atoms. The highest BCUT2D eigenvalue weighted by molar-refractivity contribution is 7.14. The molecule has 2 heterocycles. The number of ketones is 1. The number of thiophene rings is 1. The topological polar surface area (TPSA) is 39.2 Å². The maximum Gasteiger partial charge on any atom is 0.204 e. The average Bonchev–Trinajstić information content (AvgIpc) is 2.90. The Bertz CT molecular complexity index is 637. The number of hydrogen-bond acceptors (Lipinski definition) is 4. The van der Waals surface area contributed by atoms with Gasteiger partial charge in [-0.25, -0.2) is 0 Å². The van der Waals surface area contributed by atoms with Crippen molar-refractivity contribution >= 4 is 17.1 Å². The molecule has 0 aromatic carbocycles. The molecular formula is C17H19NO2S. The summed E-state index contributed by atoms with van der Waals surface area (Å²) < 4.78 is 5.61. The van der Waals surface area contributed by atoms with Crippen molar-refractivity contribution < 1.29 is 9.53 Å². The number of ether oxygens (including phenoxy) is 1. The molecule has 0 atom stereocenters. The van der Waals surface area contributed by atoms with Crippen molar-refractivity contribution in [1.82, 2.24) is 4.98 Å². The zero-order chi connectivity index (χ0) is 14.8. The van der Waals surface area contributed by atoms with E-state index in [2.05, 4.69) is 11.1 Å². The van der Waals surface area contributed by atoms with Gasteiger partial charge in [-0.2, -0.15) is 0 Å². The first-order valence-electron chi connectivity index (χ1n) is 7.41. The Morgan fingerprint density at radius 2 is 2.05 bits per heavy atom. The lowest BCUT2D eigenvalue weighted by atomic mass is 9.99. The van der Waals surface area contributed by atoms with Crippen LogP contribution < -0.4 is 4.74 Å². The molecule has 0 N–H and O–H groups in total. The molecule has 0 amide bonds. The first-order chi connectivity index (χ1) is 10.1. The van der Waals surface area contributed by atoms with Crippen LogP contribution in [0.1, 0.15) is 52.4 Å². The van der Waals surface area contributed by atoms with E-state index in [-0.39, 0.29) is 11.9 Å². The predicted molar refractivity (Wildman–Crippen MR) is 84.4 cm³/mol. The molecule has 1 aliphatic carbocycles. The van der Waals surface area contributed by atoms with E-state index < -0.39 is 0 Å². The number of fused-ring (bicyclic) bond motifs is 1. The van der Waals surface area contributed by atoms with Crippen LogP contribution in [-0.2, 0) is 12.8 Å². The van der Waals surface area contributed by atoms with Gasteiger partial charge in [0.15, 0.2) is 0 Å². The molecule has 1 aliphatic rings. The molecule has 3 nitrogen and oxygen atoms in total. The highest BCUT2D eigenvalue weighted by atomic mass is 32.1. The molecule has 0 radical (unpaired) electrons. The quantitative estimate of drug-likeness (QED) is 0.800. The van der Waals surface area contributed by atoms with Crippen molar-refractivity contribution in [3.8, 4) is 5.75 Å². The van der Waals surface area contributed by atoms with Gasteiger partial charge >= 0.3 is 0 Å². The highest BCUT2D eigenvalue weighted by Crippen LogP contribution is 2.31. The van der Waals surface area contributed by atoms with E-state index in [9.17, 15) is 4.79 Å². The molecule has 0 fully saturated rings. The number of pyridine rings is 1. The summed E-state index contributed by atoms with van der Waals surface area (Å²) in [6, 6.07) is 3.85. The molecule has 2 aromatic rings. The van der Waals surface area contributed by atoms with Crippen molar-refractivity contribution in [2.24, 2.45) is 0 Å². The van der Waals surface area contributed by atoms with Gasteiger partial charge in [0.05, 0.1) is 17.2 Å². The Hall–Kier alpha value is -1.68. The Balaban J connectivity index is 1.86. The first kappa shape index (κ1) is 14.3. The third kappa shape index (κ3) is 3.16. The van der Waals surface area contributed by atoms with Crippen LogP contribution in [0, 0.1) is 0 Å². The summed E-state index contributed by atoms with van der Waals surface area (Å²) in [5.74, 6) is 0.702. The van der Waals surface area contributed by atoms with Gasteiger partial charge in [0.2, 0.25) is 5.78 Å². The largest absolute Gasteiger partial charge is 0.489 e. The highest BCUT2D eigenvalue weighted by Gasteiger charge is 2.19.